The van der Waals surface area contributed by atoms with Crippen LogP contribution < -0.4 is 14.2 Å². The second kappa shape index (κ2) is 10.2. The van der Waals surface area contributed by atoms with Gasteiger partial charge in [0.1, 0.15) is 17.2 Å². The van der Waals surface area contributed by atoms with Crippen molar-refractivity contribution in [2.45, 2.75) is 12.8 Å². The molecular formula is C23H30N2O4. The Morgan fingerprint density at radius 3 is 2.14 bits per heavy atom. The minimum absolute atomic E-state index is 0.0261. The Morgan fingerprint density at radius 2 is 1.52 bits per heavy atom. The maximum absolute atomic E-state index is 12.9. The number of ether oxygens (including phenoxy) is 3. The number of carbonyl (C=O) groups is 1. The van der Waals surface area contributed by atoms with E-state index in [1.165, 1.54) is 5.56 Å². The fraction of sp³-hybridized carbons (Fsp3) is 0.435. The topological polar surface area (TPSA) is 51.2 Å². The van der Waals surface area contributed by atoms with Crippen LogP contribution in [-0.4, -0.2) is 69.8 Å². The van der Waals surface area contributed by atoms with Crippen LogP contribution in [0.4, 0.5) is 0 Å². The van der Waals surface area contributed by atoms with Crippen LogP contribution >= 0.6 is 0 Å². The summed E-state index contributed by atoms with van der Waals surface area (Å²) in [6.45, 7) is 4.29. The molecule has 1 fully saturated rings. The van der Waals surface area contributed by atoms with E-state index in [1.807, 2.05) is 17.0 Å². The van der Waals surface area contributed by atoms with Crippen LogP contribution in [-0.2, 0) is 6.42 Å². The predicted octanol–water partition coefficient (Wildman–Crippen LogP) is 3.10. The molecule has 1 aliphatic rings. The van der Waals surface area contributed by atoms with Crippen molar-refractivity contribution in [2.24, 2.45) is 0 Å². The molecule has 2 aromatic carbocycles. The average molecular weight is 399 g/mol. The zero-order valence-electron chi connectivity index (χ0n) is 17.5. The Bertz CT molecular complexity index is 794. The molecule has 156 valence electrons. The van der Waals surface area contributed by atoms with Crippen molar-refractivity contribution in [1.29, 1.82) is 0 Å². The van der Waals surface area contributed by atoms with Crippen LogP contribution in [0.2, 0.25) is 0 Å². The lowest BCUT2D eigenvalue weighted by Crippen LogP contribution is -2.48. The number of aryl methyl sites for hydroxylation is 1. The molecule has 0 aromatic heterocycles. The normalized spacial score (nSPS) is 14.5. The highest BCUT2D eigenvalue weighted by molar-refractivity contribution is 5.95. The third-order valence-electron chi connectivity index (χ3n) is 5.33. The van der Waals surface area contributed by atoms with Crippen LogP contribution in [0.3, 0.4) is 0 Å². The molecule has 0 spiro atoms. The molecule has 0 saturated carbocycles. The number of methoxy groups -OCH3 is 3. The molecule has 29 heavy (non-hydrogen) atoms. The standard InChI is InChI=1S/C23H30N2O4/c1-27-20-8-4-6-18(14-20)7-5-9-24-10-12-25(13-11-24)23(26)19-15-21(28-2)17-22(16-19)29-3/h4,6,8,14-17H,5,7,9-13H2,1-3H3. The van der Waals surface area contributed by atoms with Gasteiger partial charge in [0.2, 0.25) is 0 Å². The summed E-state index contributed by atoms with van der Waals surface area (Å²) in [5.74, 6) is 2.19. The molecule has 3 rings (SSSR count). The van der Waals surface area contributed by atoms with E-state index in [2.05, 4.69) is 17.0 Å². The fourth-order valence-electron chi connectivity index (χ4n) is 3.62. The number of nitrogens with zero attached hydrogens (tertiary/aromatic N) is 2. The molecule has 0 unspecified atom stereocenters. The monoisotopic (exact) mass is 398 g/mol. The summed E-state index contributed by atoms with van der Waals surface area (Å²) in [5.41, 5.74) is 1.90. The van der Waals surface area contributed by atoms with E-state index >= 15 is 0 Å². The van der Waals surface area contributed by atoms with Gasteiger partial charge in [0.05, 0.1) is 21.3 Å². The van der Waals surface area contributed by atoms with Crippen molar-refractivity contribution in [3.05, 3.63) is 53.6 Å². The van der Waals surface area contributed by atoms with Gasteiger partial charge in [-0.3, -0.25) is 9.69 Å². The first-order chi connectivity index (χ1) is 14.1. The van der Waals surface area contributed by atoms with Crippen LogP contribution in [0, 0.1) is 0 Å². The van der Waals surface area contributed by atoms with E-state index in [0.717, 1.165) is 51.3 Å². The molecule has 0 radical (unpaired) electrons. The Kier molecular flexibility index (Phi) is 7.36. The molecule has 2 aromatic rings. The zero-order chi connectivity index (χ0) is 20.6. The summed E-state index contributed by atoms with van der Waals surface area (Å²) in [6.07, 6.45) is 2.12. The highest BCUT2D eigenvalue weighted by Crippen LogP contribution is 2.24. The van der Waals surface area contributed by atoms with E-state index in [-0.39, 0.29) is 5.91 Å². The Morgan fingerprint density at radius 1 is 0.862 bits per heavy atom. The molecule has 1 heterocycles. The molecular weight excluding hydrogens is 368 g/mol. The number of piperazine rings is 1. The fourth-order valence-corrected chi connectivity index (χ4v) is 3.62. The highest BCUT2D eigenvalue weighted by Gasteiger charge is 2.22. The molecule has 6 nitrogen and oxygen atoms in total. The van der Waals surface area contributed by atoms with Gasteiger partial charge in [-0.15, -0.1) is 0 Å². The second-order valence-electron chi connectivity index (χ2n) is 7.19. The number of carbonyl (C=O) groups excluding carboxylic acids is 1. The number of rotatable bonds is 8. The smallest absolute Gasteiger partial charge is 0.254 e. The minimum atomic E-state index is 0.0261. The third kappa shape index (κ3) is 5.64. The lowest BCUT2D eigenvalue weighted by atomic mass is 10.1. The summed E-state index contributed by atoms with van der Waals surface area (Å²) in [7, 11) is 4.88. The van der Waals surface area contributed by atoms with E-state index in [9.17, 15) is 4.79 Å². The van der Waals surface area contributed by atoms with E-state index < -0.39 is 0 Å². The average Bonchev–Trinajstić information content (AvgIpc) is 2.78. The quantitative estimate of drug-likeness (QED) is 0.684. The molecule has 0 aliphatic carbocycles. The number of amides is 1. The molecule has 0 N–H and O–H groups in total. The Hall–Kier alpha value is -2.73. The van der Waals surface area contributed by atoms with Gasteiger partial charge in [-0.1, -0.05) is 12.1 Å². The maximum atomic E-state index is 12.9. The first-order valence-electron chi connectivity index (χ1n) is 10.0. The lowest BCUT2D eigenvalue weighted by Gasteiger charge is -2.34. The van der Waals surface area contributed by atoms with Gasteiger partial charge in [0.15, 0.2) is 0 Å². The van der Waals surface area contributed by atoms with E-state index in [1.54, 1.807) is 39.5 Å². The van der Waals surface area contributed by atoms with Crippen molar-refractivity contribution >= 4 is 5.91 Å². The number of hydrogen-bond acceptors (Lipinski definition) is 5. The highest BCUT2D eigenvalue weighted by atomic mass is 16.5. The largest absolute Gasteiger partial charge is 0.497 e. The molecule has 0 atom stereocenters. The van der Waals surface area contributed by atoms with Crippen LogP contribution in [0.5, 0.6) is 17.2 Å². The summed E-state index contributed by atoms with van der Waals surface area (Å²) in [5, 5.41) is 0. The molecule has 1 amide bonds. The van der Waals surface area contributed by atoms with Gasteiger partial charge in [-0.25, -0.2) is 0 Å². The number of benzene rings is 2. The summed E-state index contributed by atoms with van der Waals surface area (Å²) in [4.78, 5) is 17.2. The summed E-state index contributed by atoms with van der Waals surface area (Å²) in [6, 6.07) is 13.6. The van der Waals surface area contributed by atoms with E-state index in [4.69, 9.17) is 14.2 Å². The molecule has 0 bridgehead atoms. The predicted molar refractivity (Wildman–Crippen MR) is 113 cm³/mol. The second-order valence-corrected chi connectivity index (χ2v) is 7.19. The van der Waals surface area contributed by atoms with Crippen molar-refractivity contribution < 1.29 is 19.0 Å². The van der Waals surface area contributed by atoms with Gasteiger partial charge in [-0.2, -0.15) is 0 Å². The molecule has 1 saturated heterocycles. The van der Waals surface area contributed by atoms with E-state index in [0.29, 0.717) is 17.1 Å². The van der Waals surface area contributed by atoms with Crippen molar-refractivity contribution in [3.8, 4) is 17.2 Å². The molecule has 6 heteroatoms. The summed E-state index contributed by atoms with van der Waals surface area (Å²) >= 11 is 0. The van der Waals surface area contributed by atoms with Crippen molar-refractivity contribution in [3.63, 3.8) is 0 Å². The minimum Gasteiger partial charge on any atom is -0.497 e. The number of hydrogen-bond donors (Lipinski definition) is 0. The maximum Gasteiger partial charge on any atom is 0.254 e. The SMILES string of the molecule is COc1cccc(CCCN2CCN(C(=O)c3cc(OC)cc(OC)c3)CC2)c1. The Labute approximate surface area is 173 Å². The third-order valence-corrected chi connectivity index (χ3v) is 5.33. The van der Waals surface area contributed by atoms with Gasteiger partial charge < -0.3 is 19.1 Å². The molecule has 1 aliphatic heterocycles. The Balaban J connectivity index is 1.48. The lowest BCUT2D eigenvalue weighted by molar-refractivity contribution is 0.0635. The van der Waals surface area contributed by atoms with Crippen LogP contribution in [0.15, 0.2) is 42.5 Å². The van der Waals surface area contributed by atoms with Gasteiger partial charge in [0, 0.05) is 37.8 Å². The summed E-state index contributed by atoms with van der Waals surface area (Å²) < 4.78 is 15.8. The van der Waals surface area contributed by atoms with Gasteiger partial charge >= 0.3 is 0 Å². The van der Waals surface area contributed by atoms with Crippen LogP contribution in [0.1, 0.15) is 22.3 Å². The van der Waals surface area contributed by atoms with Gasteiger partial charge in [0.25, 0.3) is 5.91 Å². The first-order valence-corrected chi connectivity index (χ1v) is 10.0. The van der Waals surface area contributed by atoms with Gasteiger partial charge in [-0.05, 0) is 49.2 Å². The van der Waals surface area contributed by atoms with Crippen LogP contribution in [0.25, 0.3) is 0 Å². The van der Waals surface area contributed by atoms with Crippen molar-refractivity contribution in [2.75, 3.05) is 54.1 Å². The van der Waals surface area contributed by atoms with Crippen molar-refractivity contribution in [1.82, 2.24) is 9.80 Å². The first kappa shape index (κ1) is 21.0. The zero-order valence-corrected chi connectivity index (χ0v) is 17.5.